The van der Waals surface area contributed by atoms with Crippen LogP contribution in [0.15, 0.2) is 23.4 Å². The molecule has 2 rings (SSSR count). The van der Waals surface area contributed by atoms with Crippen molar-refractivity contribution >= 4 is 11.5 Å². The molecule has 0 bridgehead atoms. The maximum atomic E-state index is 8.95. The van der Waals surface area contributed by atoms with E-state index in [1.165, 1.54) is 0 Å². The van der Waals surface area contributed by atoms with Crippen LogP contribution in [0.5, 0.6) is 0 Å². The zero-order valence-electron chi connectivity index (χ0n) is 12.5. The molecule has 1 aromatic rings. The molecule has 3 N–H and O–H groups in total. The van der Waals surface area contributed by atoms with Crippen molar-refractivity contribution in [3.05, 3.63) is 29.3 Å². The number of nitrogens with zero attached hydrogens (tertiary/aromatic N) is 3. The van der Waals surface area contributed by atoms with Crippen LogP contribution in [-0.4, -0.2) is 48.2 Å². The van der Waals surface area contributed by atoms with Gasteiger partial charge in [-0.25, -0.2) is 0 Å². The van der Waals surface area contributed by atoms with E-state index in [2.05, 4.69) is 41.8 Å². The Morgan fingerprint density at radius 2 is 1.90 bits per heavy atom. The lowest BCUT2D eigenvalue weighted by molar-refractivity contribution is 0.209. The second-order valence-electron chi connectivity index (χ2n) is 5.57. The van der Waals surface area contributed by atoms with Crippen molar-refractivity contribution in [2.45, 2.75) is 26.8 Å². The summed E-state index contributed by atoms with van der Waals surface area (Å²) in [5.74, 6) is 0.176. The molecule has 0 unspecified atom stereocenters. The van der Waals surface area contributed by atoms with Crippen molar-refractivity contribution < 1.29 is 5.21 Å². The number of hydrogen-bond donors (Lipinski definition) is 2. The van der Waals surface area contributed by atoms with Crippen LogP contribution in [0.2, 0.25) is 0 Å². The zero-order chi connectivity index (χ0) is 14.7. The van der Waals surface area contributed by atoms with E-state index in [0.717, 1.165) is 43.0 Å². The molecular weight excluding hydrogens is 252 g/mol. The minimum Gasteiger partial charge on any atom is -0.409 e. The molecule has 0 radical (unpaired) electrons. The third-order valence-corrected chi connectivity index (χ3v) is 3.98. The highest BCUT2D eigenvalue weighted by Crippen LogP contribution is 2.26. The van der Waals surface area contributed by atoms with Gasteiger partial charge in [0.05, 0.1) is 5.69 Å². The first kappa shape index (κ1) is 14.7. The first-order chi connectivity index (χ1) is 9.54. The van der Waals surface area contributed by atoms with Gasteiger partial charge in [-0.3, -0.25) is 4.90 Å². The van der Waals surface area contributed by atoms with Crippen LogP contribution in [0, 0.1) is 6.92 Å². The van der Waals surface area contributed by atoms with Crippen LogP contribution in [0.1, 0.15) is 25.0 Å². The smallest absolute Gasteiger partial charge is 0.172 e. The van der Waals surface area contributed by atoms with E-state index < -0.39 is 0 Å². The molecule has 0 saturated carbocycles. The molecule has 5 nitrogen and oxygen atoms in total. The zero-order valence-corrected chi connectivity index (χ0v) is 12.5. The molecular formula is C15H24N4O. The molecule has 1 aliphatic rings. The van der Waals surface area contributed by atoms with Gasteiger partial charge in [-0.05, 0) is 32.4 Å². The SMILES string of the molecule is Cc1cccc(/C(N)=N/O)c1N1CCN(C(C)C)CC1. The van der Waals surface area contributed by atoms with Crippen molar-refractivity contribution in [1.82, 2.24) is 4.90 Å². The minimum atomic E-state index is 0.176. The quantitative estimate of drug-likeness (QED) is 0.381. The van der Waals surface area contributed by atoms with Gasteiger partial charge in [0.2, 0.25) is 0 Å². The van der Waals surface area contributed by atoms with Crippen LogP contribution in [0.3, 0.4) is 0 Å². The molecule has 20 heavy (non-hydrogen) atoms. The van der Waals surface area contributed by atoms with Crippen molar-refractivity contribution in [2.75, 3.05) is 31.1 Å². The normalized spacial score (nSPS) is 17.8. The molecule has 110 valence electrons. The molecule has 0 atom stereocenters. The van der Waals surface area contributed by atoms with Crippen LogP contribution in [0.4, 0.5) is 5.69 Å². The number of aryl methyl sites for hydroxylation is 1. The topological polar surface area (TPSA) is 65.1 Å². The van der Waals surface area contributed by atoms with Gasteiger partial charge in [0.1, 0.15) is 0 Å². The highest BCUT2D eigenvalue weighted by Gasteiger charge is 2.22. The van der Waals surface area contributed by atoms with Gasteiger partial charge in [0, 0.05) is 37.8 Å². The lowest BCUT2D eigenvalue weighted by atomic mass is 10.0. The largest absolute Gasteiger partial charge is 0.409 e. The third-order valence-electron chi connectivity index (χ3n) is 3.98. The van der Waals surface area contributed by atoms with Gasteiger partial charge >= 0.3 is 0 Å². The van der Waals surface area contributed by atoms with E-state index in [4.69, 9.17) is 10.9 Å². The Labute approximate surface area is 120 Å². The molecule has 0 aliphatic carbocycles. The van der Waals surface area contributed by atoms with Crippen molar-refractivity contribution in [1.29, 1.82) is 0 Å². The van der Waals surface area contributed by atoms with Crippen molar-refractivity contribution in [2.24, 2.45) is 10.9 Å². The van der Waals surface area contributed by atoms with Gasteiger partial charge in [-0.2, -0.15) is 0 Å². The first-order valence-electron chi connectivity index (χ1n) is 7.11. The molecule has 1 saturated heterocycles. The van der Waals surface area contributed by atoms with Gasteiger partial charge in [-0.1, -0.05) is 17.3 Å². The minimum absolute atomic E-state index is 0.176. The molecule has 5 heteroatoms. The average molecular weight is 276 g/mol. The first-order valence-corrected chi connectivity index (χ1v) is 7.11. The molecule has 0 spiro atoms. The fraction of sp³-hybridized carbons (Fsp3) is 0.533. The number of piperazine rings is 1. The van der Waals surface area contributed by atoms with Gasteiger partial charge in [-0.15, -0.1) is 0 Å². The number of benzene rings is 1. The van der Waals surface area contributed by atoms with E-state index >= 15 is 0 Å². The van der Waals surface area contributed by atoms with E-state index in [9.17, 15) is 0 Å². The maximum absolute atomic E-state index is 8.95. The number of nitrogens with two attached hydrogens (primary N) is 1. The number of amidine groups is 1. The van der Waals surface area contributed by atoms with E-state index in [-0.39, 0.29) is 5.84 Å². The third kappa shape index (κ3) is 2.88. The Kier molecular flexibility index (Phi) is 4.49. The fourth-order valence-electron chi connectivity index (χ4n) is 2.80. The molecule has 1 fully saturated rings. The van der Waals surface area contributed by atoms with E-state index in [1.807, 2.05) is 12.1 Å². The van der Waals surface area contributed by atoms with Crippen molar-refractivity contribution in [3.8, 4) is 0 Å². The molecule has 0 amide bonds. The molecule has 1 aliphatic heterocycles. The fourth-order valence-corrected chi connectivity index (χ4v) is 2.80. The van der Waals surface area contributed by atoms with Crippen LogP contribution >= 0.6 is 0 Å². The summed E-state index contributed by atoms with van der Waals surface area (Å²) < 4.78 is 0. The monoisotopic (exact) mass is 276 g/mol. The summed E-state index contributed by atoms with van der Waals surface area (Å²) in [6.45, 7) is 10.5. The summed E-state index contributed by atoms with van der Waals surface area (Å²) in [5.41, 5.74) is 8.87. The number of rotatable bonds is 3. The Bertz CT molecular complexity index is 491. The standard InChI is InChI=1S/C15H24N4O/c1-11(2)18-7-9-19(10-8-18)14-12(3)5-4-6-13(14)15(16)17-20/h4-6,11,20H,7-10H2,1-3H3,(H2,16,17). The Morgan fingerprint density at radius 1 is 1.25 bits per heavy atom. The van der Waals surface area contributed by atoms with Gasteiger partial charge in [0.25, 0.3) is 0 Å². The average Bonchev–Trinajstić information content (AvgIpc) is 2.46. The summed E-state index contributed by atoms with van der Waals surface area (Å²) in [4.78, 5) is 4.81. The summed E-state index contributed by atoms with van der Waals surface area (Å²) in [6, 6.07) is 6.50. The number of oxime groups is 1. The molecule has 1 heterocycles. The summed E-state index contributed by atoms with van der Waals surface area (Å²) in [7, 11) is 0. The number of anilines is 1. The lowest BCUT2D eigenvalue weighted by Crippen LogP contribution is -2.49. The maximum Gasteiger partial charge on any atom is 0.172 e. The molecule has 0 aromatic heterocycles. The Morgan fingerprint density at radius 3 is 2.45 bits per heavy atom. The van der Waals surface area contributed by atoms with Crippen LogP contribution in [0.25, 0.3) is 0 Å². The second-order valence-corrected chi connectivity index (χ2v) is 5.57. The summed E-state index contributed by atoms with van der Waals surface area (Å²) >= 11 is 0. The Hall–Kier alpha value is -1.75. The van der Waals surface area contributed by atoms with E-state index in [1.54, 1.807) is 0 Å². The summed E-state index contributed by atoms with van der Waals surface area (Å²) in [6.07, 6.45) is 0. The Balaban J connectivity index is 2.26. The number of para-hydroxylation sites is 1. The number of hydrogen-bond acceptors (Lipinski definition) is 4. The second kappa shape index (κ2) is 6.13. The van der Waals surface area contributed by atoms with Crippen LogP contribution in [-0.2, 0) is 0 Å². The highest BCUT2D eigenvalue weighted by atomic mass is 16.4. The predicted octanol–water partition coefficient (Wildman–Crippen LogP) is 1.62. The highest BCUT2D eigenvalue weighted by molar-refractivity contribution is 6.02. The lowest BCUT2D eigenvalue weighted by Gasteiger charge is -2.39. The van der Waals surface area contributed by atoms with Gasteiger partial charge < -0.3 is 15.8 Å². The predicted molar refractivity (Wildman–Crippen MR) is 82.6 cm³/mol. The van der Waals surface area contributed by atoms with Crippen LogP contribution < -0.4 is 10.6 Å². The van der Waals surface area contributed by atoms with Gasteiger partial charge in [0.15, 0.2) is 5.84 Å². The van der Waals surface area contributed by atoms with Crippen molar-refractivity contribution in [3.63, 3.8) is 0 Å². The summed E-state index contributed by atoms with van der Waals surface area (Å²) in [5, 5.41) is 12.1. The van der Waals surface area contributed by atoms with E-state index in [0.29, 0.717) is 6.04 Å². The molecule has 1 aromatic carbocycles.